The third-order valence-corrected chi connectivity index (χ3v) is 2.21. The maximum Gasteiger partial charge on any atom is 0.250 e. The summed E-state index contributed by atoms with van der Waals surface area (Å²) in [5.74, 6) is -0.350. The van der Waals surface area contributed by atoms with E-state index >= 15 is 0 Å². The third-order valence-electron chi connectivity index (χ3n) is 2.21. The second-order valence-electron chi connectivity index (χ2n) is 3.31. The van der Waals surface area contributed by atoms with E-state index in [-0.39, 0.29) is 5.75 Å². The maximum atomic E-state index is 11.2. The molecule has 80 valence electrons. The first-order valence-corrected chi connectivity index (χ1v) is 4.72. The third kappa shape index (κ3) is 1.86. The van der Waals surface area contributed by atoms with E-state index in [1.165, 1.54) is 12.1 Å². The minimum atomic E-state index is -0.517. The van der Waals surface area contributed by atoms with Crippen LogP contribution in [0.2, 0.25) is 0 Å². The number of pyridine rings is 1. The molecular formula is C12H10N2O2. The van der Waals surface area contributed by atoms with Crippen LogP contribution in [0, 0.1) is 0 Å². The predicted molar refractivity (Wildman–Crippen MR) is 59.9 cm³/mol. The molecule has 0 bridgehead atoms. The van der Waals surface area contributed by atoms with Gasteiger partial charge in [0.05, 0.1) is 11.3 Å². The van der Waals surface area contributed by atoms with Crippen molar-refractivity contribution in [3.05, 3.63) is 48.2 Å². The van der Waals surface area contributed by atoms with Crippen molar-refractivity contribution in [2.45, 2.75) is 0 Å². The number of nitrogens with zero attached hydrogens (tertiary/aromatic N) is 1. The molecule has 0 radical (unpaired) electrons. The average molecular weight is 214 g/mol. The standard InChI is InChI=1S/C12H10N2O2/c13-12(16)10-2-1-7-14-11(10)8-3-5-9(15)6-4-8/h1-7,15H,(H2,13,16). The molecule has 0 fully saturated rings. The molecule has 1 heterocycles. The first kappa shape index (κ1) is 10.2. The normalized spacial score (nSPS) is 10.0. The largest absolute Gasteiger partial charge is 0.508 e. The summed E-state index contributed by atoms with van der Waals surface area (Å²) in [4.78, 5) is 15.3. The molecular weight excluding hydrogens is 204 g/mol. The van der Waals surface area contributed by atoms with E-state index in [9.17, 15) is 9.90 Å². The fraction of sp³-hybridized carbons (Fsp3) is 0. The van der Waals surface area contributed by atoms with Crippen LogP contribution in [-0.4, -0.2) is 16.0 Å². The number of amides is 1. The molecule has 16 heavy (non-hydrogen) atoms. The Balaban J connectivity index is 2.55. The van der Waals surface area contributed by atoms with E-state index in [1.807, 2.05) is 0 Å². The Hall–Kier alpha value is -2.36. The number of carbonyl (C=O) groups is 1. The summed E-state index contributed by atoms with van der Waals surface area (Å²) < 4.78 is 0. The fourth-order valence-electron chi connectivity index (χ4n) is 1.45. The SMILES string of the molecule is NC(=O)c1cccnc1-c1ccc(O)cc1. The highest BCUT2D eigenvalue weighted by Crippen LogP contribution is 2.22. The Bertz CT molecular complexity index is 521. The number of hydrogen-bond acceptors (Lipinski definition) is 3. The average Bonchev–Trinajstić information content (AvgIpc) is 2.30. The van der Waals surface area contributed by atoms with E-state index < -0.39 is 5.91 Å². The molecule has 0 aliphatic heterocycles. The van der Waals surface area contributed by atoms with E-state index in [4.69, 9.17) is 5.73 Å². The summed E-state index contributed by atoms with van der Waals surface area (Å²) >= 11 is 0. The molecule has 1 aromatic carbocycles. The Kier molecular flexibility index (Phi) is 2.55. The first-order chi connectivity index (χ1) is 7.68. The topological polar surface area (TPSA) is 76.2 Å². The summed E-state index contributed by atoms with van der Waals surface area (Å²) in [5, 5.41) is 9.17. The van der Waals surface area contributed by atoms with Gasteiger partial charge >= 0.3 is 0 Å². The van der Waals surface area contributed by atoms with Gasteiger partial charge in [-0.3, -0.25) is 9.78 Å². The van der Waals surface area contributed by atoms with Crippen LogP contribution in [-0.2, 0) is 0 Å². The number of nitrogens with two attached hydrogens (primary N) is 1. The number of phenols is 1. The van der Waals surface area contributed by atoms with Crippen molar-refractivity contribution in [1.29, 1.82) is 0 Å². The molecule has 0 spiro atoms. The predicted octanol–water partition coefficient (Wildman–Crippen LogP) is 1.55. The van der Waals surface area contributed by atoms with Gasteiger partial charge in [-0.25, -0.2) is 0 Å². The number of carbonyl (C=O) groups excluding carboxylic acids is 1. The van der Waals surface area contributed by atoms with E-state index in [1.54, 1.807) is 30.5 Å². The van der Waals surface area contributed by atoms with Gasteiger partial charge in [0.25, 0.3) is 5.91 Å². The van der Waals surface area contributed by atoms with E-state index in [0.717, 1.165) is 5.56 Å². The number of benzene rings is 1. The second kappa shape index (κ2) is 4.02. The Morgan fingerprint density at radius 2 is 1.88 bits per heavy atom. The highest BCUT2D eigenvalue weighted by Gasteiger charge is 2.10. The Morgan fingerprint density at radius 3 is 2.50 bits per heavy atom. The lowest BCUT2D eigenvalue weighted by Gasteiger charge is -2.05. The quantitative estimate of drug-likeness (QED) is 0.796. The van der Waals surface area contributed by atoms with Gasteiger partial charge < -0.3 is 10.8 Å². The van der Waals surface area contributed by atoms with Crippen LogP contribution in [0.4, 0.5) is 0 Å². The lowest BCUT2D eigenvalue weighted by Crippen LogP contribution is -2.12. The number of aromatic hydroxyl groups is 1. The molecule has 2 aromatic rings. The monoisotopic (exact) mass is 214 g/mol. The molecule has 1 aromatic heterocycles. The molecule has 4 nitrogen and oxygen atoms in total. The van der Waals surface area contributed by atoms with Gasteiger partial charge in [0.15, 0.2) is 0 Å². The van der Waals surface area contributed by atoms with Crippen LogP contribution in [0.3, 0.4) is 0 Å². The highest BCUT2D eigenvalue weighted by molar-refractivity contribution is 5.98. The van der Waals surface area contributed by atoms with Gasteiger partial charge in [-0.1, -0.05) is 0 Å². The summed E-state index contributed by atoms with van der Waals surface area (Å²) in [6, 6.07) is 9.72. The lowest BCUT2D eigenvalue weighted by atomic mass is 10.1. The molecule has 4 heteroatoms. The summed E-state index contributed by atoms with van der Waals surface area (Å²) in [5.41, 5.74) is 6.89. The zero-order valence-electron chi connectivity index (χ0n) is 8.42. The van der Waals surface area contributed by atoms with Gasteiger partial charge in [0.2, 0.25) is 0 Å². The van der Waals surface area contributed by atoms with Gasteiger partial charge in [0, 0.05) is 11.8 Å². The first-order valence-electron chi connectivity index (χ1n) is 4.72. The van der Waals surface area contributed by atoms with Gasteiger partial charge in [-0.05, 0) is 36.4 Å². The number of rotatable bonds is 2. The molecule has 0 saturated heterocycles. The van der Waals surface area contributed by atoms with Crippen LogP contribution in [0.1, 0.15) is 10.4 Å². The zero-order valence-corrected chi connectivity index (χ0v) is 8.42. The molecule has 0 saturated carbocycles. The van der Waals surface area contributed by atoms with Gasteiger partial charge in [0.1, 0.15) is 5.75 Å². The van der Waals surface area contributed by atoms with E-state index in [2.05, 4.69) is 4.98 Å². The lowest BCUT2D eigenvalue weighted by molar-refractivity contribution is 0.100. The van der Waals surface area contributed by atoms with Crippen LogP contribution in [0.5, 0.6) is 5.75 Å². The van der Waals surface area contributed by atoms with Crippen LogP contribution < -0.4 is 5.73 Å². The van der Waals surface area contributed by atoms with Crippen molar-refractivity contribution in [3.8, 4) is 17.0 Å². The molecule has 0 aliphatic carbocycles. The van der Waals surface area contributed by atoms with Crippen molar-refractivity contribution in [3.63, 3.8) is 0 Å². The summed E-state index contributed by atoms with van der Waals surface area (Å²) in [6.07, 6.45) is 1.59. The number of phenolic OH excluding ortho intramolecular Hbond substituents is 1. The number of aromatic nitrogens is 1. The molecule has 0 atom stereocenters. The second-order valence-corrected chi connectivity index (χ2v) is 3.31. The molecule has 0 aliphatic rings. The summed E-state index contributed by atoms with van der Waals surface area (Å²) in [6.45, 7) is 0. The van der Waals surface area contributed by atoms with Crippen LogP contribution in [0.15, 0.2) is 42.6 Å². The van der Waals surface area contributed by atoms with Crippen molar-refractivity contribution in [2.24, 2.45) is 5.73 Å². The maximum absolute atomic E-state index is 11.2. The smallest absolute Gasteiger partial charge is 0.250 e. The van der Waals surface area contributed by atoms with Crippen LogP contribution in [0.25, 0.3) is 11.3 Å². The zero-order chi connectivity index (χ0) is 11.5. The Labute approximate surface area is 92.4 Å². The van der Waals surface area contributed by atoms with Crippen molar-refractivity contribution in [1.82, 2.24) is 4.98 Å². The van der Waals surface area contributed by atoms with Crippen LogP contribution >= 0.6 is 0 Å². The molecule has 1 amide bonds. The Morgan fingerprint density at radius 1 is 1.19 bits per heavy atom. The minimum absolute atomic E-state index is 0.167. The molecule has 3 N–H and O–H groups in total. The number of hydrogen-bond donors (Lipinski definition) is 2. The van der Waals surface area contributed by atoms with Gasteiger partial charge in [-0.15, -0.1) is 0 Å². The highest BCUT2D eigenvalue weighted by atomic mass is 16.3. The minimum Gasteiger partial charge on any atom is -0.508 e. The molecule has 2 rings (SSSR count). The molecule has 0 unspecified atom stereocenters. The van der Waals surface area contributed by atoms with E-state index in [0.29, 0.717) is 11.3 Å². The fourth-order valence-corrected chi connectivity index (χ4v) is 1.45. The van der Waals surface area contributed by atoms with Crippen molar-refractivity contribution >= 4 is 5.91 Å². The number of primary amides is 1. The summed E-state index contributed by atoms with van der Waals surface area (Å²) in [7, 11) is 0. The van der Waals surface area contributed by atoms with Gasteiger partial charge in [-0.2, -0.15) is 0 Å². The van der Waals surface area contributed by atoms with Crippen molar-refractivity contribution < 1.29 is 9.90 Å². The van der Waals surface area contributed by atoms with Crippen molar-refractivity contribution in [2.75, 3.05) is 0 Å².